The second kappa shape index (κ2) is 12.7. The predicted octanol–water partition coefficient (Wildman–Crippen LogP) is 4.69. The van der Waals surface area contributed by atoms with Gasteiger partial charge in [-0.2, -0.15) is 0 Å². The van der Waals surface area contributed by atoms with Gasteiger partial charge in [0.05, 0.1) is 23.9 Å². The Morgan fingerprint density at radius 2 is 2.10 bits per heavy atom. The number of hydrogen-bond donors (Lipinski definition) is 1. The lowest BCUT2D eigenvalue weighted by Gasteiger charge is -2.21. The van der Waals surface area contributed by atoms with Crippen LogP contribution in [0.5, 0.6) is 0 Å². The summed E-state index contributed by atoms with van der Waals surface area (Å²) in [5, 5.41) is 4.87. The number of hydrogen-bond acceptors (Lipinski definition) is 4. The number of aryl methyl sites for hydroxylation is 3. The van der Waals surface area contributed by atoms with Crippen molar-refractivity contribution < 1.29 is 4.74 Å². The molecule has 1 unspecified atom stereocenters. The van der Waals surface area contributed by atoms with E-state index in [1.807, 2.05) is 24.5 Å². The molecule has 31 heavy (non-hydrogen) atoms. The summed E-state index contributed by atoms with van der Waals surface area (Å²) in [5.74, 6) is 1.60. The van der Waals surface area contributed by atoms with Gasteiger partial charge in [-0.25, -0.2) is 4.98 Å². The number of nitrogens with one attached hydrogen (secondary N) is 1. The van der Waals surface area contributed by atoms with Crippen molar-refractivity contribution in [1.29, 1.82) is 0 Å². The van der Waals surface area contributed by atoms with Gasteiger partial charge in [0.15, 0.2) is 5.96 Å². The largest absolute Gasteiger partial charge is 0.376 e. The molecule has 0 radical (unpaired) electrons. The molecule has 1 aliphatic heterocycles. The van der Waals surface area contributed by atoms with Crippen LogP contribution in [0.25, 0.3) is 0 Å². The van der Waals surface area contributed by atoms with Crippen LogP contribution in [-0.4, -0.2) is 49.1 Å². The number of guanidine groups is 1. The standard InChI is InChI=1S/C24H34N4OS.HI/c1-25-24(26-14-7-12-23-27-21-10-5-6-11-22(21)30-23)28-15-13-20(16-28)18-29-17-19-8-3-2-4-9-19;/h2-4,8-9,20H,5-7,10-18H2,1H3,(H,25,26);1H. The Morgan fingerprint density at radius 1 is 1.26 bits per heavy atom. The number of halogens is 1. The van der Waals surface area contributed by atoms with E-state index in [2.05, 4.69) is 39.5 Å². The number of aromatic nitrogens is 1. The van der Waals surface area contributed by atoms with Gasteiger partial charge in [0.1, 0.15) is 0 Å². The quantitative estimate of drug-likeness (QED) is 0.223. The van der Waals surface area contributed by atoms with Crippen LogP contribution < -0.4 is 5.32 Å². The van der Waals surface area contributed by atoms with Crippen LogP contribution in [0.3, 0.4) is 0 Å². The van der Waals surface area contributed by atoms with Gasteiger partial charge in [-0.3, -0.25) is 4.99 Å². The van der Waals surface area contributed by atoms with Gasteiger partial charge in [-0.15, -0.1) is 35.3 Å². The highest BCUT2D eigenvalue weighted by Crippen LogP contribution is 2.27. The third-order valence-electron chi connectivity index (χ3n) is 6.00. The zero-order valence-corrected chi connectivity index (χ0v) is 21.7. The molecule has 2 aliphatic rings. The smallest absolute Gasteiger partial charge is 0.193 e. The van der Waals surface area contributed by atoms with E-state index in [1.165, 1.54) is 53.2 Å². The Labute approximate surface area is 207 Å². The summed E-state index contributed by atoms with van der Waals surface area (Å²) < 4.78 is 5.95. The fraction of sp³-hybridized carbons (Fsp3) is 0.583. The number of nitrogens with zero attached hydrogens (tertiary/aromatic N) is 3. The maximum atomic E-state index is 5.95. The minimum absolute atomic E-state index is 0. The number of thiazole rings is 1. The summed E-state index contributed by atoms with van der Waals surface area (Å²) in [6, 6.07) is 10.4. The van der Waals surface area contributed by atoms with Gasteiger partial charge in [0.2, 0.25) is 0 Å². The van der Waals surface area contributed by atoms with E-state index in [0.29, 0.717) is 12.5 Å². The van der Waals surface area contributed by atoms with Gasteiger partial charge >= 0.3 is 0 Å². The van der Waals surface area contributed by atoms with Crippen molar-refractivity contribution in [1.82, 2.24) is 15.2 Å². The van der Waals surface area contributed by atoms with Gasteiger partial charge in [-0.05, 0) is 44.1 Å². The molecule has 0 spiro atoms. The Balaban J connectivity index is 0.00000272. The summed E-state index contributed by atoms with van der Waals surface area (Å²) in [7, 11) is 1.89. The van der Waals surface area contributed by atoms with E-state index in [0.717, 1.165) is 45.0 Å². The lowest BCUT2D eigenvalue weighted by molar-refractivity contribution is 0.0907. The molecule has 1 saturated heterocycles. The topological polar surface area (TPSA) is 49.8 Å². The van der Waals surface area contributed by atoms with Gasteiger partial charge < -0.3 is 15.0 Å². The third kappa shape index (κ3) is 7.15. The van der Waals surface area contributed by atoms with Crippen molar-refractivity contribution in [3.8, 4) is 0 Å². The first kappa shape index (κ1) is 24.5. The number of fused-ring (bicyclic) bond motifs is 1. The number of aliphatic imine (C=N–C) groups is 1. The molecular formula is C24H35IN4OS. The molecule has 170 valence electrons. The molecular weight excluding hydrogens is 519 g/mol. The van der Waals surface area contributed by atoms with Crippen LogP contribution in [0.2, 0.25) is 0 Å². The van der Waals surface area contributed by atoms with Crippen molar-refractivity contribution >= 4 is 41.3 Å². The third-order valence-corrected chi connectivity index (χ3v) is 7.22. The monoisotopic (exact) mass is 554 g/mol. The highest BCUT2D eigenvalue weighted by molar-refractivity contribution is 14.0. The lowest BCUT2D eigenvalue weighted by atomic mass is 10.0. The minimum atomic E-state index is 0. The molecule has 2 heterocycles. The highest BCUT2D eigenvalue weighted by Gasteiger charge is 2.25. The summed E-state index contributed by atoms with van der Waals surface area (Å²) in [5.41, 5.74) is 2.62. The highest BCUT2D eigenvalue weighted by atomic mass is 127. The average molecular weight is 555 g/mol. The lowest BCUT2D eigenvalue weighted by Crippen LogP contribution is -2.40. The second-order valence-corrected chi connectivity index (χ2v) is 9.53. The Morgan fingerprint density at radius 3 is 2.90 bits per heavy atom. The van der Waals surface area contributed by atoms with E-state index >= 15 is 0 Å². The molecule has 1 N–H and O–H groups in total. The maximum Gasteiger partial charge on any atom is 0.193 e. The van der Waals surface area contributed by atoms with E-state index in [4.69, 9.17) is 9.72 Å². The van der Waals surface area contributed by atoms with E-state index in [-0.39, 0.29) is 24.0 Å². The molecule has 1 aliphatic carbocycles. The maximum absolute atomic E-state index is 5.95. The van der Waals surface area contributed by atoms with Gasteiger partial charge in [0, 0.05) is 43.9 Å². The molecule has 0 amide bonds. The summed E-state index contributed by atoms with van der Waals surface area (Å²) >= 11 is 1.94. The molecule has 5 nitrogen and oxygen atoms in total. The van der Waals surface area contributed by atoms with E-state index < -0.39 is 0 Å². The summed E-state index contributed by atoms with van der Waals surface area (Å²) in [6.07, 6.45) is 8.40. The molecule has 1 aromatic heterocycles. The number of rotatable bonds is 8. The number of ether oxygens (including phenoxy) is 1. The Bertz CT molecular complexity index is 803. The first-order valence-electron chi connectivity index (χ1n) is 11.4. The molecule has 4 rings (SSSR count). The van der Waals surface area contributed by atoms with Crippen LogP contribution in [0, 0.1) is 5.92 Å². The average Bonchev–Trinajstić information content (AvgIpc) is 3.41. The second-order valence-electron chi connectivity index (χ2n) is 8.36. The predicted molar refractivity (Wildman–Crippen MR) is 140 cm³/mol. The first-order chi connectivity index (χ1) is 14.8. The fourth-order valence-corrected chi connectivity index (χ4v) is 5.56. The van der Waals surface area contributed by atoms with Gasteiger partial charge in [0.25, 0.3) is 0 Å². The minimum Gasteiger partial charge on any atom is -0.376 e. The molecule has 1 fully saturated rings. The van der Waals surface area contributed by atoms with Crippen LogP contribution in [0.1, 0.15) is 46.8 Å². The zero-order chi connectivity index (χ0) is 20.6. The molecule has 2 aromatic rings. The summed E-state index contributed by atoms with van der Waals surface area (Å²) in [4.78, 5) is 13.3. The van der Waals surface area contributed by atoms with Crippen LogP contribution >= 0.6 is 35.3 Å². The van der Waals surface area contributed by atoms with Crippen LogP contribution in [-0.2, 0) is 30.6 Å². The summed E-state index contributed by atoms with van der Waals surface area (Å²) in [6.45, 7) is 4.54. The SMILES string of the molecule is CN=C(NCCCc1nc2c(s1)CCCC2)N1CCC(COCc2ccccc2)C1.I. The number of likely N-dealkylation sites (tertiary alicyclic amines) is 1. The first-order valence-corrected chi connectivity index (χ1v) is 12.2. The van der Waals surface area contributed by atoms with Crippen molar-refractivity contribution in [2.24, 2.45) is 10.9 Å². The molecule has 1 atom stereocenters. The van der Waals surface area contributed by atoms with Crippen molar-refractivity contribution in [2.45, 2.75) is 51.6 Å². The Hall–Kier alpha value is -1.19. The molecule has 0 bridgehead atoms. The van der Waals surface area contributed by atoms with Gasteiger partial charge in [-0.1, -0.05) is 30.3 Å². The van der Waals surface area contributed by atoms with Crippen molar-refractivity contribution in [3.05, 3.63) is 51.5 Å². The van der Waals surface area contributed by atoms with E-state index in [1.54, 1.807) is 0 Å². The normalized spacial score (nSPS) is 18.5. The molecule has 1 aromatic carbocycles. The fourth-order valence-electron chi connectivity index (χ4n) is 4.36. The molecule has 0 saturated carbocycles. The van der Waals surface area contributed by atoms with Crippen LogP contribution in [0.4, 0.5) is 0 Å². The van der Waals surface area contributed by atoms with E-state index in [9.17, 15) is 0 Å². The molecule has 7 heteroatoms. The zero-order valence-electron chi connectivity index (χ0n) is 18.5. The van der Waals surface area contributed by atoms with Crippen molar-refractivity contribution in [3.63, 3.8) is 0 Å². The Kier molecular flexibility index (Phi) is 10.1. The van der Waals surface area contributed by atoms with Crippen LogP contribution in [0.15, 0.2) is 35.3 Å². The van der Waals surface area contributed by atoms with Crippen molar-refractivity contribution in [2.75, 3.05) is 33.3 Å². The number of benzene rings is 1.